The molecule has 0 atom stereocenters. The zero-order valence-electron chi connectivity index (χ0n) is 18.1. The van der Waals surface area contributed by atoms with Gasteiger partial charge in [-0.15, -0.1) is 0 Å². The van der Waals surface area contributed by atoms with Gasteiger partial charge in [-0.1, -0.05) is 41.9 Å². The topological polar surface area (TPSA) is 39.7 Å². The minimum atomic E-state index is 0.118. The van der Waals surface area contributed by atoms with E-state index >= 15 is 0 Å². The van der Waals surface area contributed by atoms with Gasteiger partial charge in [0, 0.05) is 35.3 Å². The lowest BCUT2D eigenvalue weighted by Gasteiger charge is -2.44. The van der Waals surface area contributed by atoms with Crippen molar-refractivity contribution >= 4 is 23.1 Å². The van der Waals surface area contributed by atoms with E-state index < -0.39 is 0 Å². The molecule has 1 spiro atoms. The van der Waals surface area contributed by atoms with E-state index in [1.165, 1.54) is 36.9 Å². The number of para-hydroxylation sites is 1. The van der Waals surface area contributed by atoms with Crippen LogP contribution in [0.2, 0.25) is 5.02 Å². The molecule has 2 aromatic carbocycles. The summed E-state index contributed by atoms with van der Waals surface area (Å²) in [4.78, 5) is 7.34. The van der Waals surface area contributed by atoms with Crippen molar-refractivity contribution in [2.45, 2.75) is 44.7 Å². The van der Waals surface area contributed by atoms with E-state index in [9.17, 15) is 0 Å². The Balaban J connectivity index is 1.51. The van der Waals surface area contributed by atoms with E-state index in [0.29, 0.717) is 12.6 Å². The Morgan fingerprint density at radius 2 is 1.93 bits per heavy atom. The number of hydrogen-bond acceptors (Lipinski definition) is 3. The monoisotopic (exact) mass is 424 g/mol. The minimum Gasteiger partial charge on any atom is -0.343 e. The van der Waals surface area contributed by atoms with Crippen molar-refractivity contribution < 1.29 is 0 Å². The quantitative estimate of drug-likeness (QED) is 0.686. The molecule has 0 saturated heterocycles. The number of benzene rings is 2. The predicted molar refractivity (Wildman–Crippen MR) is 128 cm³/mol. The minimum absolute atomic E-state index is 0.118. The third-order valence-corrected chi connectivity index (χ3v) is 6.78. The van der Waals surface area contributed by atoms with Crippen LogP contribution < -0.4 is 10.6 Å². The number of likely N-dealkylation sites (N-methyl/N-ethyl adjacent to an activating group) is 1. The second-order valence-electron chi connectivity index (χ2n) is 9.07. The number of nitrogens with zero attached hydrogens (tertiary/aromatic N) is 2. The molecule has 160 valence electrons. The molecule has 0 radical (unpaired) electrons. The molecule has 2 N–H and O–H groups in total. The lowest BCUT2D eigenvalue weighted by atomic mass is 9.66. The third-order valence-electron chi connectivity index (χ3n) is 6.55. The van der Waals surface area contributed by atoms with Gasteiger partial charge in [0.1, 0.15) is 5.84 Å². The molecule has 0 unspecified atom stereocenters. The van der Waals surface area contributed by atoms with Crippen LogP contribution in [0.25, 0.3) is 0 Å². The Bertz CT molecular complexity index is 884. The zero-order chi connectivity index (χ0) is 21.0. The standard InChI is InChI=1S/C25H33ClN4/c1-30(2)15-14-27-22-10-12-25(13-11-22)17-20-7-3-4-9-23(20)29-24(25)28-18-19-6-5-8-21(26)16-19/h3-9,16,22,27H,10-15,17-18H2,1-2H3,(H,28,29). The summed E-state index contributed by atoms with van der Waals surface area (Å²) >= 11 is 6.18. The summed E-state index contributed by atoms with van der Waals surface area (Å²) in [5, 5.41) is 8.23. The SMILES string of the molecule is CN(C)CCNC1CCC2(CC1)Cc1ccccc1NC2=NCc1cccc(Cl)c1. The Kier molecular flexibility index (Phi) is 6.77. The van der Waals surface area contributed by atoms with E-state index in [1.807, 2.05) is 18.2 Å². The van der Waals surface area contributed by atoms with Gasteiger partial charge in [-0.25, -0.2) is 0 Å². The molecular formula is C25H33ClN4. The maximum absolute atomic E-state index is 6.18. The lowest BCUT2D eigenvalue weighted by molar-refractivity contribution is 0.230. The van der Waals surface area contributed by atoms with Gasteiger partial charge in [0.05, 0.1) is 6.54 Å². The molecule has 1 aliphatic heterocycles. The maximum Gasteiger partial charge on any atom is 0.108 e. The van der Waals surface area contributed by atoms with E-state index in [4.69, 9.17) is 16.6 Å². The van der Waals surface area contributed by atoms with Crippen LogP contribution in [-0.4, -0.2) is 44.0 Å². The highest BCUT2D eigenvalue weighted by atomic mass is 35.5. The van der Waals surface area contributed by atoms with Crippen molar-refractivity contribution in [2.24, 2.45) is 10.4 Å². The zero-order valence-corrected chi connectivity index (χ0v) is 18.9. The highest BCUT2D eigenvalue weighted by Gasteiger charge is 2.42. The summed E-state index contributed by atoms with van der Waals surface area (Å²) in [5.41, 5.74) is 3.90. The van der Waals surface area contributed by atoms with Crippen LogP contribution in [0.15, 0.2) is 53.5 Å². The first kappa shape index (κ1) is 21.4. The highest BCUT2D eigenvalue weighted by molar-refractivity contribution is 6.30. The fraction of sp³-hybridized carbons (Fsp3) is 0.480. The van der Waals surface area contributed by atoms with Crippen LogP contribution in [0.4, 0.5) is 5.69 Å². The Labute approximate surface area is 185 Å². The summed E-state index contributed by atoms with van der Waals surface area (Å²) in [6, 6.07) is 17.3. The lowest BCUT2D eigenvalue weighted by Crippen LogP contribution is -2.48. The summed E-state index contributed by atoms with van der Waals surface area (Å²) in [5.74, 6) is 1.16. The average Bonchev–Trinajstić information content (AvgIpc) is 2.73. The number of amidine groups is 1. The molecule has 2 aromatic rings. The van der Waals surface area contributed by atoms with Gasteiger partial charge in [0.15, 0.2) is 0 Å². The van der Waals surface area contributed by atoms with Crippen molar-refractivity contribution in [2.75, 3.05) is 32.5 Å². The van der Waals surface area contributed by atoms with Crippen LogP contribution in [0.3, 0.4) is 0 Å². The van der Waals surface area contributed by atoms with Crippen molar-refractivity contribution in [3.8, 4) is 0 Å². The molecule has 0 aromatic heterocycles. The van der Waals surface area contributed by atoms with Crippen molar-refractivity contribution in [1.82, 2.24) is 10.2 Å². The molecule has 0 amide bonds. The summed E-state index contributed by atoms with van der Waals surface area (Å²) < 4.78 is 0. The Hall–Kier alpha value is -1.88. The normalized spacial score (nSPS) is 24.8. The summed E-state index contributed by atoms with van der Waals surface area (Å²) in [6.45, 7) is 2.81. The third kappa shape index (κ3) is 5.05. The van der Waals surface area contributed by atoms with Crippen LogP contribution in [0.5, 0.6) is 0 Å². The second kappa shape index (κ2) is 9.51. The molecule has 30 heavy (non-hydrogen) atoms. The van der Waals surface area contributed by atoms with Gasteiger partial charge >= 0.3 is 0 Å². The van der Waals surface area contributed by atoms with Crippen LogP contribution in [0.1, 0.15) is 36.8 Å². The first-order valence-corrected chi connectivity index (χ1v) is 11.4. The molecule has 1 fully saturated rings. The first-order chi connectivity index (χ1) is 14.5. The largest absolute Gasteiger partial charge is 0.343 e. The number of hydrogen-bond donors (Lipinski definition) is 2. The number of aliphatic imine (C=N–C) groups is 1. The molecule has 1 saturated carbocycles. The van der Waals surface area contributed by atoms with E-state index in [1.54, 1.807) is 0 Å². The fourth-order valence-corrected chi connectivity index (χ4v) is 5.01. The van der Waals surface area contributed by atoms with Gasteiger partial charge in [-0.05, 0) is 75.5 Å². The van der Waals surface area contributed by atoms with Gasteiger partial charge in [0.2, 0.25) is 0 Å². The second-order valence-corrected chi connectivity index (χ2v) is 9.50. The van der Waals surface area contributed by atoms with Crippen LogP contribution in [-0.2, 0) is 13.0 Å². The predicted octanol–water partition coefficient (Wildman–Crippen LogP) is 4.99. The van der Waals surface area contributed by atoms with E-state index in [2.05, 4.69) is 60.0 Å². The van der Waals surface area contributed by atoms with Crippen LogP contribution >= 0.6 is 11.6 Å². The van der Waals surface area contributed by atoms with Crippen molar-refractivity contribution in [3.05, 3.63) is 64.7 Å². The van der Waals surface area contributed by atoms with E-state index in [-0.39, 0.29) is 5.41 Å². The van der Waals surface area contributed by atoms with Gasteiger partial charge < -0.3 is 15.5 Å². The highest BCUT2D eigenvalue weighted by Crippen LogP contribution is 2.45. The number of anilines is 1. The Morgan fingerprint density at radius 3 is 2.70 bits per heavy atom. The van der Waals surface area contributed by atoms with Crippen molar-refractivity contribution in [3.63, 3.8) is 0 Å². The Morgan fingerprint density at radius 1 is 1.13 bits per heavy atom. The summed E-state index contributed by atoms with van der Waals surface area (Å²) in [6.07, 6.45) is 5.82. The fourth-order valence-electron chi connectivity index (χ4n) is 4.80. The average molecular weight is 425 g/mol. The van der Waals surface area contributed by atoms with Gasteiger partial charge in [-0.2, -0.15) is 0 Å². The summed E-state index contributed by atoms with van der Waals surface area (Å²) in [7, 11) is 4.26. The van der Waals surface area contributed by atoms with Crippen LogP contribution in [0, 0.1) is 5.41 Å². The molecular weight excluding hydrogens is 392 g/mol. The number of nitrogens with one attached hydrogen (secondary N) is 2. The number of rotatable bonds is 6. The molecule has 4 nitrogen and oxygen atoms in total. The number of fused-ring (bicyclic) bond motifs is 1. The van der Waals surface area contributed by atoms with Gasteiger partial charge in [0.25, 0.3) is 0 Å². The molecule has 0 bridgehead atoms. The van der Waals surface area contributed by atoms with Crippen molar-refractivity contribution in [1.29, 1.82) is 0 Å². The molecule has 1 aliphatic carbocycles. The molecule has 2 aliphatic rings. The number of halogens is 1. The molecule has 1 heterocycles. The molecule has 5 heteroatoms. The smallest absolute Gasteiger partial charge is 0.108 e. The first-order valence-electron chi connectivity index (χ1n) is 11.1. The van der Waals surface area contributed by atoms with E-state index in [0.717, 1.165) is 35.9 Å². The van der Waals surface area contributed by atoms with Gasteiger partial charge in [-0.3, -0.25) is 4.99 Å². The maximum atomic E-state index is 6.18. The molecule has 4 rings (SSSR count).